The quantitative estimate of drug-likeness (QED) is 0.175. The van der Waals surface area contributed by atoms with Gasteiger partial charge in [0.2, 0.25) is 23.6 Å². The molecular weight excluding hydrogens is 374 g/mol. The van der Waals surface area contributed by atoms with Gasteiger partial charge in [-0.2, -0.15) is 0 Å². The highest BCUT2D eigenvalue weighted by atomic mass is 16.4. The molecular formula is C16H29N5O7. The zero-order valence-corrected chi connectivity index (χ0v) is 16.1. The van der Waals surface area contributed by atoms with Gasteiger partial charge in [0, 0.05) is 0 Å². The van der Waals surface area contributed by atoms with E-state index >= 15 is 0 Å². The fraction of sp³-hybridized carbons (Fsp3) is 0.688. The van der Waals surface area contributed by atoms with E-state index in [0.717, 1.165) is 0 Å². The average Bonchev–Trinajstić information content (AvgIpc) is 2.63. The van der Waals surface area contributed by atoms with Gasteiger partial charge < -0.3 is 37.6 Å². The molecule has 5 atom stereocenters. The summed E-state index contributed by atoms with van der Waals surface area (Å²) in [7, 11) is 0. The zero-order valence-electron chi connectivity index (χ0n) is 16.1. The predicted octanol–water partition coefficient (Wildman–Crippen LogP) is -3.21. The van der Waals surface area contributed by atoms with Crippen molar-refractivity contribution in [1.82, 2.24) is 16.0 Å². The number of carbonyl (C=O) groups excluding carboxylic acids is 4. The number of aliphatic carboxylic acids is 1. The van der Waals surface area contributed by atoms with Crippen LogP contribution >= 0.6 is 0 Å². The molecule has 0 aromatic heterocycles. The molecule has 28 heavy (non-hydrogen) atoms. The maximum atomic E-state index is 12.6. The van der Waals surface area contributed by atoms with Crippen LogP contribution in [-0.4, -0.2) is 70.6 Å². The lowest BCUT2D eigenvalue weighted by molar-refractivity contribution is -0.142. The molecule has 0 spiro atoms. The lowest BCUT2D eigenvalue weighted by Gasteiger charge is -2.27. The van der Waals surface area contributed by atoms with E-state index in [-0.39, 0.29) is 5.92 Å². The van der Waals surface area contributed by atoms with Gasteiger partial charge in [0.25, 0.3) is 0 Å². The highest BCUT2D eigenvalue weighted by Crippen LogP contribution is 2.09. The first-order valence-electron chi connectivity index (χ1n) is 8.73. The number of amides is 4. The van der Waals surface area contributed by atoms with Crippen LogP contribution in [0.3, 0.4) is 0 Å². The van der Waals surface area contributed by atoms with E-state index in [4.69, 9.17) is 21.7 Å². The first-order chi connectivity index (χ1) is 12.9. The van der Waals surface area contributed by atoms with Crippen LogP contribution < -0.4 is 27.4 Å². The van der Waals surface area contributed by atoms with E-state index < -0.39 is 66.8 Å². The molecule has 160 valence electrons. The lowest BCUT2D eigenvalue weighted by atomic mass is 9.97. The zero-order chi connectivity index (χ0) is 22.0. The second-order valence-electron chi connectivity index (χ2n) is 6.46. The summed E-state index contributed by atoms with van der Waals surface area (Å²) in [6.07, 6.45) is -0.0866. The number of primary amides is 1. The summed E-state index contributed by atoms with van der Waals surface area (Å²) in [5.74, 6) is -5.03. The Labute approximate surface area is 162 Å². The Morgan fingerprint density at radius 2 is 1.54 bits per heavy atom. The molecule has 0 saturated carbocycles. The molecule has 5 unspecified atom stereocenters. The average molecular weight is 403 g/mol. The number of carboxylic acids is 1. The third-order valence-corrected chi connectivity index (χ3v) is 4.09. The van der Waals surface area contributed by atoms with E-state index in [1.807, 2.05) is 0 Å². The molecule has 0 aliphatic carbocycles. The van der Waals surface area contributed by atoms with Crippen molar-refractivity contribution in [3.05, 3.63) is 0 Å². The van der Waals surface area contributed by atoms with E-state index in [0.29, 0.717) is 6.42 Å². The SMILES string of the molecule is CCC(C)C(NC(=O)C(N)CO)C(=O)NC(CC(N)=O)C(=O)NC(C)C(=O)O. The topological polar surface area (TPSA) is 214 Å². The molecule has 12 heteroatoms. The summed E-state index contributed by atoms with van der Waals surface area (Å²) in [6, 6.07) is -5.02. The second kappa shape index (κ2) is 11.9. The van der Waals surface area contributed by atoms with Crippen LogP contribution in [0.4, 0.5) is 0 Å². The van der Waals surface area contributed by atoms with Gasteiger partial charge in [0.15, 0.2) is 0 Å². The van der Waals surface area contributed by atoms with Gasteiger partial charge in [-0.1, -0.05) is 20.3 Å². The van der Waals surface area contributed by atoms with Gasteiger partial charge in [-0.3, -0.25) is 24.0 Å². The molecule has 0 aromatic rings. The van der Waals surface area contributed by atoms with E-state index in [9.17, 15) is 24.0 Å². The largest absolute Gasteiger partial charge is 0.480 e. The van der Waals surface area contributed by atoms with Gasteiger partial charge in [-0.05, 0) is 12.8 Å². The normalized spacial score (nSPS) is 16.0. The molecule has 0 heterocycles. The molecule has 4 amide bonds. The Bertz CT molecular complexity index is 598. The highest BCUT2D eigenvalue weighted by Gasteiger charge is 2.32. The molecule has 0 aliphatic heterocycles. The van der Waals surface area contributed by atoms with Crippen molar-refractivity contribution in [2.45, 2.75) is 57.8 Å². The Morgan fingerprint density at radius 3 is 1.96 bits per heavy atom. The second-order valence-corrected chi connectivity index (χ2v) is 6.46. The summed E-state index contributed by atoms with van der Waals surface area (Å²) in [5, 5.41) is 24.7. The molecule has 9 N–H and O–H groups in total. The van der Waals surface area contributed by atoms with Crippen LogP contribution in [0.1, 0.15) is 33.6 Å². The Kier molecular flexibility index (Phi) is 10.7. The Morgan fingerprint density at radius 1 is 0.964 bits per heavy atom. The fourth-order valence-electron chi connectivity index (χ4n) is 2.09. The van der Waals surface area contributed by atoms with Crippen molar-refractivity contribution in [3.8, 4) is 0 Å². The van der Waals surface area contributed by atoms with Crippen LogP contribution in [0.2, 0.25) is 0 Å². The minimum Gasteiger partial charge on any atom is -0.480 e. The number of aliphatic hydroxyl groups is 1. The maximum Gasteiger partial charge on any atom is 0.325 e. The standard InChI is InChI=1S/C16H29N5O7/c1-4-7(2)12(21-13(24)9(17)6-22)15(26)20-10(5-11(18)23)14(25)19-8(3)16(27)28/h7-10,12,22H,4-6,17H2,1-3H3,(H2,18,23)(H,19,25)(H,20,26)(H,21,24)(H,27,28). The molecule has 0 saturated heterocycles. The molecule has 0 rings (SSSR count). The van der Waals surface area contributed by atoms with Crippen LogP contribution in [0.5, 0.6) is 0 Å². The number of nitrogens with two attached hydrogens (primary N) is 2. The number of rotatable bonds is 12. The van der Waals surface area contributed by atoms with Crippen molar-refractivity contribution in [2.75, 3.05) is 6.61 Å². The summed E-state index contributed by atoms with van der Waals surface area (Å²) < 4.78 is 0. The predicted molar refractivity (Wildman–Crippen MR) is 97.4 cm³/mol. The summed E-state index contributed by atoms with van der Waals surface area (Å²) in [6.45, 7) is 4.03. The maximum absolute atomic E-state index is 12.6. The van der Waals surface area contributed by atoms with Crippen LogP contribution in [0.15, 0.2) is 0 Å². The van der Waals surface area contributed by atoms with Crippen molar-refractivity contribution in [3.63, 3.8) is 0 Å². The van der Waals surface area contributed by atoms with Crippen LogP contribution in [0.25, 0.3) is 0 Å². The van der Waals surface area contributed by atoms with Gasteiger partial charge in [-0.15, -0.1) is 0 Å². The third kappa shape index (κ3) is 8.31. The third-order valence-electron chi connectivity index (χ3n) is 4.09. The van der Waals surface area contributed by atoms with Gasteiger partial charge in [-0.25, -0.2) is 0 Å². The first kappa shape index (κ1) is 25.3. The van der Waals surface area contributed by atoms with E-state index in [2.05, 4.69) is 16.0 Å². The van der Waals surface area contributed by atoms with E-state index in [1.54, 1.807) is 13.8 Å². The summed E-state index contributed by atoms with van der Waals surface area (Å²) in [5.41, 5.74) is 10.5. The van der Waals surface area contributed by atoms with Crippen molar-refractivity contribution in [2.24, 2.45) is 17.4 Å². The smallest absolute Gasteiger partial charge is 0.325 e. The summed E-state index contributed by atoms with van der Waals surface area (Å²) in [4.78, 5) is 58.9. The molecule has 0 bridgehead atoms. The van der Waals surface area contributed by atoms with Crippen LogP contribution in [-0.2, 0) is 24.0 Å². The minimum absolute atomic E-state index is 0.370. The Balaban J connectivity index is 5.39. The molecule has 0 radical (unpaired) electrons. The highest BCUT2D eigenvalue weighted by molar-refractivity contribution is 5.96. The van der Waals surface area contributed by atoms with Gasteiger partial charge >= 0.3 is 5.97 Å². The minimum atomic E-state index is -1.43. The number of hydrogen-bond donors (Lipinski definition) is 7. The number of nitrogens with one attached hydrogen (secondary N) is 3. The number of carbonyl (C=O) groups is 5. The molecule has 12 nitrogen and oxygen atoms in total. The fourth-order valence-corrected chi connectivity index (χ4v) is 2.09. The van der Waals surface area contributed by atoms with Gasteiger partial charge in [0.1, 0.15) is 24.2 Å². The monoisotopic (exact) mass is 403 g/mol. The van der Waals surface area contributed by atoms with Gasteiger partial charge in [0.05, 0.1) is 13.0 Å². The number of carboxylic acid groups (broad SMARTS) is 1. The van der Waals surface area contributed by atoms with Crippen molar-refractivity contribution >= 4 is 29.6 Å². The Hall–Kier alpha value is -2.73. The summed E-state index contributed by atoms with van der Waals surface area (Å²) >= 11 is 0. The molecule has 0 aliphatic rings. The van der Waals surface area contributed by atoms with E-state index in [1.165, 1.54) is 6.92 Å². The van der Waals surface area contributed by atoms with Crippen molar-refractivity contribution < 1.29 is 34.2 Å². The molecule has 0 aromatic carbocycles. The lowest BCUT2D eigenvalue weighted by Crippen LogP contribution is -2.59. The number of hydrogen-bond acceptors (Lipinski definition) is 7. The molecule has 0 fully saturated rings. The first-order valence-corrected chi connectivity index (χ1v) is 8.73. The van der Waals surface area contributed by atoms with Crippen LogP contribution in [0, 0.1) is 5.92 Å². The number of aliphatic hydroxyl groups excluding tert-OH is 1. The van der Waals surface area contributed by atoms with Crippen molar-refractivity contribution in [1.29, 1.82) is 0 Å².